The highest BCUT2D eigenvalue weighted by molar-refractivity contribution is 7.99. The number of benzene rings is 2. The van der Waals surface area contributed by atoms with Gasteiger partial charge in [0.1, 0.15) is 17.3 Å². The number of hydrogen-bond donors (Lipinski definition) is 0. The quantitative estimate of drug-likeness (QED) is 0.384. The van der Waals surface area contributed by atoms with Gasteiger partial charge in [0.05, 0.1) is 12.9 Å². The minimum atomic E-state index is -0.335. The van der Waals surface area contributed by atoms with Crippen LogP contribution in [0.25, 0.3) is 5.69 Å². The van der Waals surface area contributed by atoms with Crippen molar-refractivity contribution in [3.63, 3.8) is 0 Å². The third kappa shape index (κ3) is 4.19. The van der Waals surface area contributed by atoms with Crippen molar-refractivity contribution in [3.05, 3.63) is 60.4 Å². The van der Waals surface area contributed by atoms with Crippen LogP contribution in [0, 0.1) is 6.92 Å². The molecule has 0 bridgehead atoms. The van der Waals surface area contributed by atoms with E-state index >= 15 is 0 Å². The van der Waals surface area contributed by atoms with Crippen molar-refractivity contribution in [1.82, 2.24) is 14.8 Å². The molecule has 0 fully saturated rings. The number of nitrogens with zero attached hydrogens (tertiary/aromatic N) is 3. The van der Waals surface area contributed by atoms with E-state index in [1.807, 2.05) is 54.0 Å². The van der Waals surface area contributed by atoms with Gasteiger partial charge in [-0.2, -0.15) is 0 Å². The van der Waals surface area contributed by atoms with Crippen LogP contribution in [0.2, 0.25) is 0 Å². The van der Waals surface area contributed by atoms with Gasteiger partial charge in [-0.15, -0.1) is 10.2 Å². The summed E-state index contributed by atoms with van der Waals surface area (Å²) in [5.41, 5.74) is 0.905. The molecule has 25 heavy (non-hydrogen) atoms. The predicted octanol–water partition coefficient (Wildman–Crippen LogP) is 3.28. The molecule has 0 saturated heterocycles. The summed E-state index contributed by atoms with van der Waals surface area (Å²) >= 11 is 1.28. The fourth-order valence-corrected chi connectivity index (χ4v) is 3.01. The fourth-order valence-electron chi connectivity index (χ4n) is 2.24. The minimum Gasteiger partial charge on any atom is -0.497 e. The summed E-state index contributed by atoms with van der Waals surface area (Å²) in [6.07, 6.45) is 0. The zero-order valence-electron chi connectivity index (χ0n) is 13.9. The lowest BCUT2D eigenvalue weighted by Crippen LogP contribution is -2.11. The van der Waals surface area contributed by atoms with Gasteiger partial charge in [0.25, 0.3) is 0 Å². The monoisotopic (exact) mass is 355 g/mol. The van der Waals surface area contributed by atoms with Gasteiger partial charge < -0.3 is 9.47 Å². The van der Waals surface area contributed by atoms with E-state index in [0.717, 1.165) is 17.3 Å². The number of carbonyl (C=O) groups excluding carboxylic acids is 1. The average Bonchev–Trinajstić information content (AvgIpc) is 3.01. The Bertz CT molecular complexity index is 848. The van der Waals surface area contributed by atoms with Crippen LogP contribution in [-0.2, 0) is 4.79 Å². The molecule has 3 rings (SSSR count). The van der Waals surface area contributed by atoms with Crippen molar-refractivity contribution in [1.29, 1.82) is 0 Å². The number of esters is 1. The van der Waals surface area contributed by atoms with Gasteiger partial charge in [-0.05, 0) is 43.3 Å². The van der Waals surface area contributed by atoms with E-state index in [0.29, 0.717) is 10.9 Å². The lowest BCUT2D eigenvalue weighted by Gasteiger charge is -2.09. The minimum absolute atomic E-state index is 0.142. The Kier molecular flexibility index (Phi) is 5.35. The molecule has 0 aliphatic rings. The van der Waals surface area contributed by atoms with Crippen LogP contribution < -0.4 is 9.47 Å². The average molecular weight is 355 g/mol. The smallest absolute Gasteiger partial charge is 0.321 e. The number of rotatable bonds is 6. The molecule has 0 aliphatic heterocycles. The summed E-state index contributed by atoms with van der Waals surface area (Å²) in [7, 11) is 1.62. The second kappa shape index (κ2) is 7.85. The fraction of sp³-hybridized carbons (Fsp3) is 0.167. The molecule has 2 aromatic carbocycles. The molecule has 3 aromatic rings. The topological polar surface area (TPSA) is 66.2 Å². The number of hydrogen-bond acceptors (Lipinski definition) is 6. The number of aryl methyl sites for hydroxylation is 1. The number of thioether (sulfide) groups is 1. The van der Waals surface area contributed by atoms with Crippen molar-refractivity contribution in [3.8, 4) is 17.2 Å². The molecule has 128 valence electrons. The summed E-state index contributed by atoms with van der Waals surface area (Å²) < 4.78 is 12.3. The summed E-state index contributed by atoms with van der Waals surface area (Å²) in [6, 6.07) is 16.6. The summed E-state index contributed by atoms with van der Waals surface area (Å²) in [4.78, 5) is 12.0. The van der Waals surface area contributed by atoms with Crippen molar-refractivity contribution in [2.45, 2.75) is 12.1 Å². The predicted molar refractivity (Wildman–Crippen MR) is 95.4 cm³/mol. The lowest BCUT2D eigenvalue weighted by atomic mass is 10.3. The van der Waals surface area contributed by atoms with Crippen molar-refractivity contribution < 1.29 is 14.3 Å². The molecule has 0 atom stereocenters. The van der Waals surface area contributed by atoms with Crippen LogP contribution >= 0.6 is 11.8 Å². The van der Waals surface area contributed by atoms with E-state index in [9.17, 15) is 4.79 Å². The van der Waals surface area contributed by atoms with Gasteiger partial charge >= 0.3 is 5.97 Å². The molecular formula is C18H17N3O3S. The summed E-state index contributed by atoms with van der Waals surface area (Å²) in [5, 5.41) is 8.89. The zero-order chi connectivity index (χ0) is 17.6. The Morgan fingerprint density at radius 3 is 2.44 bits per heavy atom. The molecule has 0 aliphatic carbocycles. The Labute approximate surface area is 149 Å². The molecule has 7 heteroatoms. The number of aromatic nitrogens is 3. The van der Waals surface area contributed by atoms with Crippen LogP contribution in [0.3, 0.4) is 0 Å². The number of carbonyl (C=O) groups is 1. The molecule has 0 spiro atoms. The first kappa shape index (κ1) is 17.0. The lowest BCUT2D eigenvalue weighted by molar-refractivity contribution is -0.131. The normalized spacial score (nSPS) is 10.5. The van der Waals surface area contributed by atoms with Gasteiger partial charge in [-0.1, -0.05) is 30.0 Å². The molecule has 0 radical (unpaired) electrons. The van der Waals surface area contributed by atoms with E-state index in [-0.39, 0.29) is 11.7 Å². The third-order valence-corrected chi connectivity index (χ3v) is 4.32. The van der Waals surface area contributed by atoms with Crippen molar-refractivity contribution >= 4 is 17.7 Å². The molecule has 0 amide bonds. The number of para-hydroxylation sites is 1. The van der Waals surface area contributed by atoms with E-state index < -0.39 is 0 Å². The Balaban J connectivity index is 1.70. The van der Waals surface area contributed by atoms with Crippen molar-refractivity contribution in [2.24, 2.45) is 0 Å². The molecule has 1 heterocycles. The van der Waals surface area contributed by atoms with E-state index in [2.05, 4.69) is 10.2 Å². The Hall–Kier alpha value is -2.80. The highest BCUT2D eigenvalue weighted by Gasteiger charge is 2.14. The van der Waals surface area contributed by atoms with Crippen LogP contribution in [0.5, 0.6) is 11.5 Å². The number of methoxy groups -OCH3 is 1. The van der Waals surface area contributed by atoms with Gasteiger partial charge in [-0.3, -0.25) is 9.36 Å². The molecule has 0 N–H and O–H groups in total. The number of ether oxygens (including phenoxy) is 2. The largest absolute Gasteiger partial charge is 0.497 e. The second-order valence-corrected chi connectivity index (χ2v) is 6.08. The third-order valence-electron chi connectivity index (χ3n) is 3.42. The first-order chi connectivity index (χ1) is 12.2. The van der Waals surface area contributed by atoms with Gasteiger partial charge in [0.2, 0.25) is 0 Å². The molecule has 0 saturated carbocycles. The van der Waals surface area contributed by atoms with Crippen LogP contribution in [0.1, 0.15) is 5.82 Å². The Morgan fingerprint density at radius 2 is 1.76 bits per heavy atom. The zero-order valence-corrected chi connectivity index (χ0v) is 14.7. The van der Waals surface area contributed by atoms with E-state index in [1.54, 1.807) is 19.2 Å². The van der Waals surface area contributed by atoms with Crippen molar-refractivity contribution in [2.75, 3.05) is 12.9 Å². The second-order valence-electron chi connectivity index (χ2n) is 5.14. The van der Waals surface area contributed by atoms with Crippen LogP contribution in [-0.4, -0.2) is 33.6 Å². The van der Waals surface area contributed by atoms with E-state index in [4.69, 9.17) is 9.47 Å². The van der Waals surface area contributed by atoms with Gasteiger partial charge in [-0.25, -0.2) is 0 Å². The molecule has 1 aromatic heterocycles. The maximum Gasteiger partial charge on any atom is 0.321 e. The van der Waals surface area contributed by atoms with Crippen LogP contribution in [0.4, 0.5) is 0 Å². The highest BCUT2D eigenvalue weighted by atomic mass is 32.2. The first-order valence-corrected chi connectivity index (χ1v) is 8.61. The van der Waals surface area contributed by atoms with Crippen LogP contribution in [0.15, 0.2) is 59.8 Å². The van der Waals surface area contributed by atoms with Gasteiger partial charge in [0, 0.05) is 5.69 Å². The van der Waals surface area contributed by atoms with E-state index in [1.165, 1.54) is 11.8 Å². The maximum absolute atomic E-state index is 12.0. The maximum atomic E-state index is 12.0. The molecular weight excluding hydrogens is 338 g/mol. The SMILES string of the molecule is COc1ccc(-n2c(C)nnc2SCC(=O)Oc2ccccc2)cc1. The summed E-state index contributed by atoms with van der Waals surface area (Å²) in [5.74, 6) is 1.85. The van der Waals surface area contributed by atoms with Gasteiger partial charge in [0.15, 0.2) is 5.16 Å². The summed E-state index contributed by atoms with van der Waals surface area (Å²) in [6.45, 7) is 1.86. The molecule has 0 unspecified atom stereocenters. The Morgan fingerprint density at radius 1 is 1.04 bits per heavy atom. The first-order valence-electron chi connectivity index (χ1n) is 7.62. The standard InChI is InChI=1S/C18H17N3O3S/c1-13-19-20-18(21(13)14-8-10-15(23-2)11-9-14)25-12-17(22)24-16-6-4-3-5-7-16/h3-11H,12H2,1-2H3. The highest BCUT2D eigenvalue weighted by Crippen LogP contribution is 2.23. The molecule has 6 nitrogen and oxygen atoms in total.